The largest absolute Gasteiger partial charge is 0.294 e. The average Bonchev–Trinajstić information content (AvgIpc) is 2.83. The molecular weight excluding hydrogens is 252 g/mol. The third kappa shape index (κ3) is 2.84. The van der Waals surface area contributed by atoms with Crippen molar-refractivity contribution in [2.75, 3.05) is 0 Å². The van der Waals surface area contributed by atoms with E-state index in [-0.39, 0.29) is 10.9 Å². The zero-order valence-corrected chi connectivity index (χ0v) is 10.8. The molecule has 2 rings (SSSR count). The highest BCUT2D eigenvalue weighted by molar-refractivity contribution is 8.14. The van der Waals surface area contributed by atoms with Crippen LogP contribution >= 0.6 is 23.1 Å². The first-order valence-corrected chi connectivity index (χ1v) is 6.74. The Hall–Kier alpha value is -1.39. The minimum absolute atomic E-state index is 0.0197. The topological polar surface area (TPSA) is 34.1 Å². The lowest BCUT2D eigenvalue weighted by Gasteiger charge is -2.04. The van der Waals surface area contributed by atoms with E-state index in [0.717, 1.165) is 16.7 Å². The van der Waals surface area contributed by atoms with E-state index in [4.69, 9.17) is 0 Å². The number of Topliss-reactive ketones (excluding diaryl/α,β-unsaturated/α-hetero) is 1. The molecule has 0 aliphatic heterocycles. The van der Waals surface area contributed by atoms with Crippen LogP contribution in [0.4, 0.5) is 0 Å². The van der Waals surface area contributed by atoms with Crippen LogP contribution in [0, 0.1) is 0 Å². The van der Waals surface area contributed by atoms with E-state index in [0.29, 0.717) is 10.4 Å². The summed E-state index contributed by atoms with van der Waals surface area (Å²) in [5, 5.41) is 1.85. The minimum atomic E-state index is -0.0212. The summed E-state index contributed by atoms with van der Waals surface area (Å²) in [5.41, 5.74) is 0.599. The van der Waals surface area contributed by atoms with Gasteiger partial charge in [-0.3, -0.25) is 9.59 Å². The van der Waals surface area contributed by atoms with Gasteiger partial charge in [-0.2, -0.15) is 0 Å². The third-order valence-corrected chi connectivity index (χ3v) is 4.17. The first kappa shape index (κ1) is 12.1. The van der Waals surface area contributed by atoms with Gasteiger partial charge in [-0.25, -0.2) is 0 Å². The summed E-state index contributed by atoms with van der Waals surface area (Å²) in [6.45, 7) is 1.51. The highest BCUT2D eigenvalue weighted by Gasteiger charge is 2.13. The average molecular weight is 262 g/mol. The molecule has 0 saturated carbocycles. The number of rotatable bonds is 3. The highest BCUT2D eigenvalue weighted by Crippen LogP contribution is 2.28. The van der Waals surface area contributed by atoms with Crippen molar-refractivity contribution in [2.45, 2.75) is 11.8 Å². The molecule has 2 nitrogen and oxygen atoms in total. The van der Waals surface area contributed by atoms with Crippen LogP contribution in [-0.4, -0.2) is 10.9 Å². The number of carbonyl (C=O) groups is 2. The third-order valence-electron chi connectivity index (χ3n) is 2.19. The second kappa shape index (κ2) is 5.29. The maximum Gasteiger partial charge on any atom is 0.234 e. The fraction of sp³-hybridized carbons (Fsp3) is 0.0769. The summed E-state index contributed by atoms with van der Waals surface area (Å²) in [6, 6.07) is 10.8. The second-order valence-corrected chi connectivity index (χ2v) is 5.38. The van der Waals surface area contributed by atoms with Crippen LogP contribution < -0.4 is 0 Å². The Labute approximate surface area is 108 Å². The molecule has 0 atom stereocenters. The Morgan fingerprint density at radius 1 is 1.12 bits per heavy atom. The molecule has 1 aromatic heterocycles. The molecule has 86 valence electrons. The van der Waals surface area contributed by atoms with Crippen LogP contribution in [0.1, 0.15) is 27.0 Å². The summed E-state index contributed by atoms with van der Waals surface area (Å²) in [7, 11) is 0. The monoisotopic (exact) mass is 262 g/mol. The predicted molar refractivity (Wildman–Crippen MR) is 71.0 cm³/mol. The van der Waals surface area contributed by atoms with Crippen molar-refractivity contribution in [1.29, 1.82) is 0 Å². The zero-order valence-electron chi connectivity index (χ0n) is 9.17. The van der Waals surface area contributed by atoms with Crippen molar-refractivity contribution in [3.63, 3.8) is 0 Å². The van der Waals surface area contributed by atoms with E-state index >= 15 is 0 Å². The van der Waals surface area contributed by atoms with Gasteiger partial charge in [0.05, 0.1) is 4.88 Å². The minimum Gasteiger partial charge on any atom is -0.294 e. The number of carbonyl (C=O) groups excluding carboxylic acids is 2. The van der Waals surface area contributed by atoms with Gasteiger partial charge < -0.3 is 0 Å². The fourth-order valence-corrected chi connectivity index (χ4v) is 3.05. The molecule has 0 spiro atoms. The molecule has 0 bridgehead atoms. The maximum atomic E-state index is 11.9. The molecule has 0 saturated heterocycles. The van der Waals surface area contributed by atoms with Gasteiger partial charge in [0.25, 0.3) is 0 Å². The molecule has 0 aliphatic rings. The highest BCUT2D eigenvalue weighted by atomic mass is 32.2. The number of hydrogen-bond acceptors (Lipinski definition) is 4. The van der Waals surface area contributed by atoms with E-state index in [1.807, 2.05) is 17.5 Å². The Balaban J connectivity index is 2.25. The van der Waals surface area contributed by atoms with Crippen LogP contribution in [0.25, 0.3) is 0 Å². The summed E-state index contributed by atoms with van der Waals surface area (Å²) in [6.07, 6.45) is 0. The van der Waals surface area contributed by atoms with Gasteiger partial charge in [0.1, 0.15) is 0 Å². The summed E-state index contributed by atoms with van der Waals surface area (Å²) in [4.78, 5) is 24.7. The molecule has 1 heterocycles. The van der Waals surface area contributed by atoms with Gasteiger partial charge in [0, 0.05) is 10.5 Å². The summed E-state index contributed by atoms with van der Waals surface area (Å²) < 4.78 is 0. The normalized spacial score (nSPS) is 10.2. The van der Waals surface area contributed by atoms with Crippen LogP contribution in [0.3, 0.4) is 0 Å². The fourth-order valence-electron chi connectivity index (χ4n) is 1.39. The molecule has 0 unspecified atom stereocenters. The molecule has 0 N–H and O–H groups in total. The lowest BCUT2D eigenvalue weighted by atomic mass is 10.1. The SMILES string of the molecule is CC(=O)c1ccccc1SC(=O)c1cccs1. The van der Waals surface area contributed by atoms with Gasteiger partial charge in [-0.15, -0.1) is 11.3 Å². The Morgan fingerprint density at radius 3 is 2.53 bits per heavy atom. The lowest BCUT2D eigenvalue weighted by molar-refractivity contribution is 0.101. The molecule has 0 fully saturated rings. The molecule has 4 heteroatoms. The van der Waals surface area contributed by atoms with Crippen LogP contribution in [0.2, 0.25) is 0 Å². The second-order valence-electron chi connectivity index (χ2n) is 3.42. The molecule has 0 aliphatic carbocycles. The smallest absolute Gasteiger partial charge is 0.234 e. The maximum absolute atomic E-state index is 11.9. The Bertz CT molecular complexity index is 544. The number of ketones is 1. The van der Waals surface area contributed by atoms with E-state index in [1.165, 1.54) is 18.3 Å². The summed E-state index contributed by atoms with van der Waals surface area (Å²) >= 11 is 2.52. The van der Waals surface area contributed by atoms with Crippen molar-refractivity contribution in [2.24, 2.45) is 0 Å². The van der Waals surface area contributed by atoms with E-state index in [9.17, 15) is 9.59 Å². The Morgan fingerprint density at radius 2 is 1.88 bits per heavy atom. The molecule has 0 amide bonds. The number of benzene rings is 1. The molecule has 1 aromatic carbocycles. The van der Waals surface area contributed by atoms with Gasteiger partial charge in [0.15, 0.2) is 5.78 Å². The van der Waals surface area contributed by atoms with Crippen LogP contribution in [0.5, 0.6) is 0 Å². The molecular formula is C13H10O2S2. The van der Waals surface area contributed by atoms with Crippen molar-refractivity contribution >= 4 is 34.0 Å². The van der Waals surface area contributed by atoms with Gasteiger partial charge in [0.2, 0.25) is 5.12 Å². The van der Waals surface area contributed by atoms with Crippen LogP contribution in [0.15, 0.2) is 46.7 Å². The first-order valence-electron chi connectivity index (χ1n) is 5.04. The van der Waals surface area contributed by atoms with E-state index in [1.54, 1.807) is 24.3 Å². The molecule has 2 aromatic rings. The van der Waals surface area contributed by atoms with Gasteiger partial charge >= 0.3 is 0 Å². The molecule has 0 radical (unpaired) electrons. The Kier molecular flexibility index (Phi) is 3.76. The number of thiophene rings is 1. The molecule has 17 heavy (non-hydrogen) atoms. The van der Waals surface area contributed by atoms with Crippen molar-refractivity contribution in [3.05, 3.63) is 52.2 Å². The quantitative estimate of drug-likeness (QED) is 0.621. The van der Waals surface area contributed by atoms with Crippen molar-refractivity contribution in [3.8, 4) is 0 Å². The van der Waals surface area contributed by atoms with Gasteiger partial charge in [-0.05, 0) is 36.2 Å². The van der Waals surface area contributed by atoms with Crippen molar-refractivity contribution in [1.82, 2.24) is 0 Å². The first-order chi connectivity index (χ1) is 8.18. The number of hydrogen-bond donors (Lipinski definition) is 0. The van der Waals surface area contributed by atoms with E-state index in [2.05, 4.69) is 0 Å². The lowest BCUT2D eigenvalue weighted by Crippen LogP contribution is -1.97. The standard InChI is InChI=1S/C13H10O2S2/c1-9(14)10-5-2-3-6-11(10)17-13(15)12-7-4-8-16-12/h2-8H,1H3. The van der Waals surface area contributed by atoms with Crippen LogP contribution in [-0.2, 0) is 0 Å². The summed E-state index contributed by atoms with van der Waals surface area (Å²) in [5.74, 6) is -0.0212. The van der Waals surface area contributed by atoms with Gasteiger partial charge in [-0.1, -0.05) is 24.3 Å². The zero-order chi connectivity index (χ0) is 12.3. The van der Waals surface area contributed by atoms with E-state index < -0.39 is 0 Å². The van der Waals surface area contributed by atoms with Crippen molar-refractivity contribution < 1.29 is 9.59 Å². The number of thioether (sulfide) groups is 1. The predicted octanol–water partition coefficient (Wildman–Crippen LogP) is 3.88.